The van der Waals surface area contributed by atoms with E-state index < -0.39 is 0 Å². The fourth-order valence-corrected chi connectivity index (χ4v) is 2.37. The molecular weight excluding hydrogens is 266 g/mol. The second-order valence-corrected chi connectivity index (χ2v) is 5.03. The van der Waals surface area contributed by atoms with Crippen LogP contribution in [0.1, 0.15) is 30.6 Å². The summed E-state index contributed by atoms with van der Waals surface area (Å²) in [6.45, 7) is 5.29. The van der Waals surface area contributed by atoms with E-state index in [1.807, 2.05) is 25.1 Å². The molecule has 0 amide bonds. The number of hydrogen-bond donors (Lipinski definition) is 1. The number of anilines is 1. The van der Waals surface area contributed by atoms with Gasteiger partial charge in [-0.15, -0.1) is 0 Å². The van der Waals surface area contributed by atoms with Gasteiger partial charge in [0.15, 0.2) is 11.5 Å². The Morgan fingerprint density at radius 3 is 2.76 bits per heavy atom. The number of nitrogens with zero attached hydrogens (tertiary/aromatic N) is 2. The van der Waals surface area contributed by atoms with Gasteiger partial charge in [0.25, 0.3) is 0 Å². The van der Waals surface area contributed by atoms with Crippen molar-refractivity contribution in [3.63, 3.8) is 0 Å². The molecule has 0 bridgehead atoms. The lowest BCUT2D eigenvalue weighted by Crippen LogP contribution is -2.17. The summed E-state index contributed by atoms with van der Waals surface area (Å²) in [5.74, 6) is 2.27. The Labute approximate surface area is 124 Å². The quantitative estimate of drug-likeness (QED) is 0.935. The smallest absolute Gasteiger partial charge is 0.223 e. The molecule has 1 N–H and O–H groups in total. The van der Waals surface area contributed by atoms with Crippen LogP contribution in [-0.2, 0) is 0 Å². The van der Waals surface area contributed by atoms with Gasteiger partial charge in [0.2, 0.25) is 5.95 Å². The maximum Gasteiger partial charge on any atom is 0.223 e. The largest absolute Gasteiger partial charge is 0.486 e. The van der Waals surface area contributed by atoms with E-state index in [-0.39, 0.29) is 6.04 Å². The SMILES string of the molecule is CCC(Nc1nccc(C)n1)c1ccc2c(c1)OCCO2. The molecule has 1 aromatic heterocycles. The fraction of sp³-hybridized carbons (Fsp3) is 0.375. The Bertz CT molecular complexity index is 631. The molecule has 2 aromatic rings. The number of hydrogen-bond acceptors (Lipinski definition) is 5. The molecule has 0 saturated carbocycles. The third-order valence-corrected chi connectivity index (χ3v) is 3.47. The molecule has 21 heavy (non-hydrogen) atoms. The topological polar surface area (TPSA) is 56.3 Å². The van der Waals surface area contributed by atoms with Crippen LogP contribution in [0.2, 0.25) is 0 Å². The van der Waals surface area contributed by atoms with Gasteiger partial charge in [-0.25, -0.2) is 9.97 Å². The predicted molar refractivity (Wildman–Crippen MR) is 80.9 cm³/mol. The maximum atomic E-state index is 5.64. The lowest BCUT2D eigenvalue weighted by Gasteiger charge is -2.22. The number of rotatable bonds is 4. The molecule has 3 rings (SSSR count). The van der Waals surface area contributed by atoms with Gasteiger partial charge in [-0.1, -0.05) is 13.0 Å². The minimum Gasteiger partial charge on any atom is -0.486 e. The summed E-state index contributed by atoms with van der Waals surface area (Å²) >= 11 is 0. The van der Waals surface area contributed by atoms with Crippen molar-refractivity contribution < 1.29 is 9.47 Å². The molecular formula is C16H19N3O2. The summed E-state index contributed by atoms with van der Waals surface area (Å²) in [6.07, 6.45) is 2.69. The summed E-state index contributed by atoms with van der Waals surface area (Å²) in [5, 5.41) is 3.37. The van der Waals surface area contributed by atoms with Gasteiger partial charge in [-0.2, -0.15) is 0 Å². The Kier molecular flexibility index (Phi) is 3.90. The second-order valence-electron chi connectivity index (χ2n) is 5.03. The van der Waals surface area contributed by atoms with E-state index in [1.54, 1.807) is 6.20 Å². The van der Waals surface area contributed by atoms with E-state index >= 15 is 0 Å². The van der Waals surface area contributed by atoms with Crippen molar-refractivity contribution in [3.8, 4) is 11.5 Å². The standard InChI is InChI=1S/C16H19N3O2/c1-3-13(19-16-17-7-6-11(2)18-16)12-4-5-14-15(10-12)21-9-8-20-14/h4-7,10,13H,3,8-9H2,1-2H3,(H,17,18,19). The van der Waals surface area contributed by atoms with Gasteiger partial charge >= 0.3 is 0 Å². The first-order valence-corrected chi connectivity index (χ1v) is 7.22. The van der Waals surface area contributed by atoms with E-state index in [2.05, 4.69) is 28.3 Å². The Morgan fingerprint density at radius 2 is 2.00 bits per heavy atom. The Hall–Kier alpha value is -2.30. The fourth-order valence-electron chi connectivity index (χ4n) is 2.37. The summed E-state index contributed by atoms with van der Waals surface area (Å²) < 4.78 is 11.2. The number of benzene rings is 1. The van der Waals surface area contributed by atoms with Crippen molar-refractivity contribution >= 4 is 5.95 Å². The van der Waals surface area contributed by atoms with Gasteiger partial charge in [0.1, 0.15) is 13.2 Å². The predicted octanol–water partition coefficient (Wildman–Crippen LogP) is 3.12. The first-order valence-electron chi connectivity index (χ1n) is 7.22. The van der Waals surface area contributed by atoms with Crippen LogP contribution in [0, 0.1) is 6.92 Å². The van der Waals surface area contributed by atoms with Crippen LogP contribution in [0.15, 0.2) is 30.5 Å². The number of aromatic nitrogens is 2. The molecule has 1 aliphatic rings. The molecule has 0 radical (unpaired) electrons. The van der Waals surface area contributed by atoms with Crippen molar-refractivity contribution in [3.05, 3.63) is 41.7 Å². The average Bonchev–Trinajstić information content (AvgIpc) is 2.52. The first-order chi connectivity index (χ1) is 10.3. The van der Waals surface area contributed by atoms with Crippen LogP contribution in [0.3, 0.4) is 0 Å². The third kappa shape index (κ3) is 3.07. The molecule has 1 aromatic carbocycles. The van der Waals surface area contributed by atoms with Crippen molar-refractivity contribution in [2.75, 3.05) is 18.5 Å². The molecule has 110 valence electrons. The molecule has 1 unspecified atom stereocenters. The Balaban J connectivity index is 1.82. The number of ether oxygens (including phenoxy) is 2. The monoisotopic (exact) mass is 285 g/mol. The molecule has 1 atom stereocenters. The van der Waals surface area contributed by atoms with E-state index in [1.165, 1.54) is 0 Å². The molecule has 0 fully saturated rings. The van der Waals surface area contributed by atoms with E-state index in [0.717, 1.165) is 29.2 Å². The number of fused-ring (bicyclic) bond motifs is 1. The van der Waals surface area contributed by atoms with Gasteiger partial charge in [0.05, 0.1) is 6.04 Å². The van der Waals surface area contributed by atoms with Crippen LogP contribution in [0.5, 0.6) is 11.5 Å². The van der Waals surface area contributed by atoms with E-state index in [9.17, 15) is 0 Å². The summed E-state index contributed by atoms with van der Waals surface area (Å²) in [5.41, 5.74) is 2.09. The van der Waals surface area contributed by atoms with E-state index in [0.29, 0.717) is 19.2 Å². The summed E-state index contributed by atoms with van der Waals surface area (Å²) in [6, 6.07) is 8.08. The van der Waals surface area contributed by atoms with Crippen molar-refractivity contribution in [1.82, 2.24) is 9.97 Å². The lowest BCUT2D eigenvalue weighted by molar-refractivity contribution is 0.171. The normalized spacial score (nSPS) is 14.6. The number of nitrogens with one attached hydrogen (secondary N) is 1. The van der Waals surface area contributed by atoms with Crippen molar-refractivity contribution in [1.29, 1.82) is 0 Å². The minimum atomic E-state index is 0.141. The van der Waals surface area contributed by atoms with Gasteiger partial charge < -0.3 is 14.8 Å². The van der Waals surface area contributed by atoms with Crippen LogP contribution in [0.25, 0.3) is 0 Å². The van der Waals surface area contributed by atoms with Gasteiger partial charge in [-0.05, 0) is 37.1 Å². The van der Waals surface area contributed by atoms with Crippen LogP contribution >= 0.6 is 0 Å². The highest BCUT2D eigenvalue weighted by Crippen LogP contribution is 2.34. The van der Waals surface area contributed by atoms with Crippen LogP contribution in [0.4, 0.5) is 5.95 Å². The molecule has 0 spiro atoms. The molecule has 5 nitrogen and oxygen atoms in total. The Morgan fingerprint density at radius 1 is 1.19 bits per heavy atom. The van der Waals surface area contributed by atoms with Gasteiger partial charge in [-0.3, -0.25) is 0 Å². The molecule has 0 aliphatic carbocycles. The molecule has 1 aliphatic heterocycles. The minimum absolute atomic E-state index is 0.141. The van der Waals surface area contributed by atoms with Crippen molar-refractivity contribution in [2.45, 2.75) is 26.3 Å². The van der Waals surface area contributed by atoms with Crippen LogP contribution < -0.4 is 14.8 Å². The van der Waals surface area contributed by atoms with E-state index in [4.69, 9.17) is 9.47 Å². The molecule has 2 heterocycles. The first kappa shape index (κ1) is 13.7. The average molecular weight is 285 g/mol. The highest BCUT2D eigenvalue weighted by atomic mass is 16.6. The highest BCUT2D eigenvalue weighted by Gasteiger charge is 2.16. The van der Waals surface area contributed by atoms with Crippen molar-refractivity contribution in [2.24, 2.45) is 0 Å². The second kappa shape index (κ2) is 5.99. The third-order valence-electron chi connectivity index (χ3n) is 3.47. The lowest BCUT2D eigenvalue weighted by atomic mass is 10.0. The summed E-state index contributed by atoms with van der Waals surface area (Å²) in [4.78, 5) is 8.66. The number of aryl methyl sites for hydroxylation is 1. The zero-order chi connectivity index (χ0) is 14.7. The zero-order valence-corrected chi connectivity index (χ0v) is 12.3. The zero-order valence-electron chi connectivity index (χ0n) is 12.3. The highest BCUT2D eigenvalue weighted by molar-refractivity contribution is 5.46. The van der Waals surface area contributed by atoms with Gasteiger partial charge in [0, 0.05) is 11.9 Å². The summed E-state index contributed by atoms with van der Waals surface area (Å²) in [7, 11) is 0. The molecule has 0 saturated heterocycles. The van der Waals surface area contributed by atoms with Crippen LogP contribution in [-0.4, -0.2) is 23.2 Å². The molecule has 5 heteroatoms. The maximum absolute atomic E-state index is 5.64.